The molecular weight excluding hydrogens is 342 g/mol. The van der Waals surface area contributed by atoms with Gasteiger partial charge in [-0.15, -0.1) is 0 Å². The summed E-state index contributed by atoms with van der Waals surface area (Å²) in [7, 11) is 0. The van der Waals surface area contributed by atoms with Crippen LogP contribution in [0.5, 0.6) is 5.75 Å². The maximum absolute atomic E-state index is 13.0. The van der Waals surface area contributed by atoms with Crippen LogP contribution in [0.2, 0.25) is 0 Å². The van der Waals surface area contributed by atoms with Gasteiger partial charge in [0, 0.05) is 25.3 Å². The molecule has 0 aromatic heterocycles. The van der Waals surface area contributed by atoms with Crippen molar-refractivity contribution in [3.8, 4) is 16.9 Å². The predicted octanol–water partition coefficient (Wildman–Crippen LogP) is 3.21. The highest BCUT2D eigenvalue weighted by atomic mass is 16.5. The van der Waals surface area contributed by atoms with Crippen molar-refractivity contribution >= 4 is 5.91 Å². The van der Waals surface area contributed by atoms with E-state index in [0.717, 1.165) is 24.0 Å². The van der Waals surface area contributed by atoms with Crippen LogP contribution in [0, 0.1) is 0 Å². The summed E-state index contributed by atoms with van der Waals surface area (Å²) in [6, 6.07) is 14.5. The lowest BCUT2D eigenvalue weighted by Gasteiger charge is -2.46. The van der Waals surface area contributed by atoms with Crippen molar-refractivity contribution in [2.75, 3.05) is 19.7 Å². The molecule has 0 aliphatic carbocycles. The molecule has 2 aromatic carbocycles. The van der Waals surface area contributed by atoms with Gasteiger partial charge in [-0.2, -0.15) is 0 Å². The molecule has 27 heavy (non-hydrogen) atoms. The fourth-order valence-corrected chi connectivity index (χ4v) is 4.15. The Bertz CT molecular complexity index is 809. The Kier molecular flexibility index (Phi) is 4.89. The smallest absolute Gasteiger partial charge is 0.253 e. The molecular formula is C22H25NO4. The molecule has 1 spiro atoms. The standard InChI is InChI=1S/C22H25NO4/c24-19-8-6-16(7-9-19)17-3-1-4-18(15-17)21(26)23-12-10-22(11-13-23)20(25)5-2-14-27-22/h1,3-4,6-9,15,20,24-25H,2,5,10-14H2. The zero-order chi connectivity index (χ0) is 18.9. The zero-order valence-corrected chi connectivity index (χ0v) is 15.3. The largest absolute Gasteiger partial charge is 0.508 e. The van der Waals surface area contributed by atoms with Gasteiger partial charge in [-0.3, -0.25) is 4.79 Å². The molecule has 2 aromatic rings. The summed E-state index contributed by atoms with van der Waals surface area (Å²) in [5.74, 6) is 0.233. The first-order valence-corrected chi connectivity index (χ1v) is 9.58. The summed E-state index contributed by atoms with van der Waals surface area (Å²) >= 11 is 0. The van der Waals surface area contributed by atoms with Crippen LogP contribution in [-0.2, 0) is 4.74 Å². The van der Waals surface area contributed by atoms with Crippen LogP contribution in [0.3, 0.4) is 0 Å². The van der Waals surface area contributed by atoms with Crippen LogP contribution in [0.1, 0.15) is 36.0 Å². The van der Waals surface area contributed by atoms with Crippen molar-refractivity contribution in [2.24, 2.45) is 0 Å². The minimum Gasteiger partial charge on any atom is -0.508 e. The van der Waals surface area contributed by atoms with E-state index in [-0.39, 0.29) is 11.7 Å². The summed E-state index contributed by atoms with van der Waals surface area (Å²) < 4.78 is 5.93. The predicted molar refractivity (Wildman–Crippen MR) is 103 cm³/mol. The van der Waals surface area contributed by atoms with Crippen molar-refractivity contribution < 1.29 is 19.7 Å². The Morgan fingerprint density at radius 3 is 2.52 bits per heavy atom. The van der Waals surface area contributed by atoms with Crippen molar-refractivity contribution in [1.82, 2.24) is 4.90 Å². The molecule has 2 aliphatic rings. The number of phenolic OH excluding ortho intramolecular Hbond substituents is 1. The van der Waals surface area contributed by atoms with Crippen LogP contribution >= 0.6 is 0 Å². The number of piperidine rings is 1. The number of nitrogens with zero attached hydrogens (tertiary/aromatic N) is 1. The van der Waals surface area contributed by atoms with Crippen LogP contribution in [-0.4, -0.2) is 52.4 Å². The number of hydrogen-bond acceptors (Lipinski definition) is 4. The highest BCUT2D eigenvalue weighted by molar-refractivity contribution is 5.95. The topological polar surface area (TPSA) is 70.0 Å². The monoisotopic (exact) mass is 367 g/mol. The Labute approximate surface area is 159 Å². The van der Waals surface area contributed by atoms with Gasteiger partial charge in [-0.25, -0.2) is 0 Å². The molecule has 2 fully saturated rings. The number of amides is 1. The number of likely N-dealkylation sites (tertiary alicyclic amines) is 1. The molecule has 5 heteroatoms. The van der Waals surface area contributed by atoms with E-state index in [4.69, 9.17) is 4.74 Å². The summed E-state index contributed by atoms with van der Waals surface area (Å²) in [6.45, 7) is 1.89. The minimum atomic E-state index is -0.469. The fourth-order valence-electron chi connectivity index (χ4n) is 4.15. The van der Waals surface area contributed by atoms with Gasteiger partial charge in [-0.1, -0.05) is 24.3 Å². The van der Waals surface area contributed by atoms with E-state index in [1.807, 2.05) is 41.3 Å². The quantitative estimate of drug-likeness (QED) is 0.855. The molecule has 1 amide bonds. The van der Waals surface area contributed by atoms with Gasteiger partial charge in [0.2, 0.25) is 0 Å². The van der Waals surface area contributed by atoms with Gasteiger partial charge in [0.05, 0.1) is 11.7 Å². The van der Waals surface area contributed by atoms with Gasteiger partial charge in [0.15, 0.2) is 0 Å². The van der Waals surface area contributed by atoms with Gasteiger partial charge >= 0.3 is 0 Å². The highest BCUT2D eigenvalue weighted by Gasteiger charge is 2.44. The number of aliphatic hydroxyl groups is 1. The SMILES string of the molecule is O=C(c1cccc(-c2ccc(O)cc2)c1)N1CCC2(CC1)OCCCC2O. The van der Waals surface area contributed by atoms with E-state index in [1.54, 1.807) is 12.1 Å². The summed E-state index contributed by atoms with van der Waals surface area (Å²) in [5.41, 5.74) is 2.09. The van der Waals surface area contributed by atoms with Crippen LogP contribution in [0.25, 0.3) is 11.1 Å². The van der Waals surface area contributed by atoms with Gasteiger partial charge < -0.3 is 19.8 Å². The summed E-state index contributed by atoms with van der Waals surface area (Å²) in [4.78, 5) is 14.8. The Morgan fingerprint density at radius 1 is 1.07 bits per heavy atom. The van der Waals surface area contributed by atoms with E-state index in [1.165, 1.54) is 0 Å². The van der Waals surface area contributed by atoms with Crippen molar-refractivity contribution in [2.45, 2.75) is 37.4 Å². The number of aromatic hydroxyl groups is 1. The third-order valence-corrected chi connectivity index (χ3v) is 5.83. The number of carbonyl (C=O) groups excluding carboxylic acids is 1. The summed E-state index contributed by atoms with van der Waals surface area (Å²) in [5, 5.41) is 19.8. The fraction of sp³-hybridized carbons (Fsp3) is 0.409. The maximum atomic E-state index is 13.0. The minimum absolute atomic E-state index is 0.00998. The molecule has 142 valence electrons. The zero-order valence-electron chi connectivity index (χ0n) is 15.3. The molecule has 2 saturated heterocycles. The third-order valence-electron chi connectivity index (χ3n) is 5.83. The highest BCUT2D eigenvalue weighted by Crippen LogP contribution is 2.35. The molecule has 0 saturated carbocycles. The first-order chi connectivity index (χ1) is 13.1. The normalized spacial score (nSPS) is 22.0. The second kappa shape index (κ2) is 7.33. The van der Waals surface area contributed by atoms with E-state index in [2.05, 4.69) is 0 Å². The number of hydrogen-bond donors (Lipinski definition) is 2. The molecule has 0 bridgehead atoms. The molecule has 0 radical (unpaired) electrons. The lowest BCUT2D eigenvalue weighted by atomic mass is 9.82. The van der Waals surface area contributed by atoms with E-state index in [0.29, 0.717) is 38.1 Å². The molecule has 4 rings (SSSR count). The van der Waals surface area contributed by atoms with Crippen LogP contribution in [0.4, 0.5) is 0 Å². The maximum Gasteiger partial charge on any atom is 0.253 e. The second-order valence-electron chi connectivity index (χ2n) is 7.49. The van der Waals surface area contributed by atoms with Crippen molar-refractivity contribution in [1.29, 1.82) is 0 Å². The summed E-state index contributed by atoms with van der Waals surface area (Å²) in [6.07, 6.45) is 2.61. The average Bonchev–Trinajstić information content (AvgIpc) is 2.71. The average molecular weight is 367 g/mol. The van der Waals surface area contributed by atoms with Gasteiger partial charge in [-0.05, 0) is 61.1 Å². The number of ether oxygens (including phenoxy) is 1. The second-order valence-corrected chi connectivity index (χ2v) is 7.49. The Balaban J connectivity index is 1.47. The first-order valence-electron chi connectivity index (χ1n) is 9.58. The van der Waals surface area contributed by atoms with Crippen LogP contribution < -0.4 is 0 Å². The van der Waals surface area contributed by atoms with Crippen LogP contribution in [0.15, 0.2) is 48.5 Å². The van der Waals surface area contributed by atoms with E-state index >= 15 is 0 Å². The molecule has 2 heterocycles. The number of rotatable bonds is 2. The molecule has 5 nitrogen and oxygen atoms in total. The number of benzene rings is 2. The third kappa shape index (κ3) is 3.57. The molecule has 1 unspecified atom stereocenters. The number of aliphatic hydroxyl groups excluding tert-OH is 1. The molecule has 1 atom stereocenters. The van der Waals surface area contributed by atoms with Gasteiger partial charge in [0.1, 0.15) is 5.75 Å². The Morgan fingerprint density at radius 2 is 1.81 bits per heavy atom. The molecule has 2 N–H and O–H groups in total. The lowest BCUT2D eigenvalue weighted by Crippen LogP contribution is -2.56. The van der Waals surface area contributed by atoms with Crippen molar-refractivity contribution in [3.05, 3.63) is 54.1 Å². The first kappa shape index (κ1) is 18.0. The Hall–Kier alpha value is -2.37. The van der Waals surface area contributed by atoms with Crippen molar-refractivity contribution in [3.63, 3.8) is 0 Å². The molecule has 2 aliphatic heterocycles. The van der Waals surface area contributed by atoms with E-state index in [9.17, 15) is 15.0 Å². The van der Waals surface area contributed by atoms with Gasteiger partial charge in [0.25, 0.3) is 5.91 Å². The number of phenols is 1. The lowest BCUT2D eigenvalue weighted by molar-refractivity contribution is -0.174. The van der Waals surface area contributed by atoms with E-state index < -0.39 is 11.7 Å². The number of carbonyl (C=O) groups is 1.